The highest BCUT2D eigenvalue weighted by Gasteiger charge is 2.42. The van der Waals surface area contributed by atoms with Gasteiger partial charge in [0.15, 0.2) is 11.5 Å². The van der Waals surface area contributed by atoms with Gasteiger partial charge in [0, 0.05) is 11.5 Å². The molecule has 0 bridgehead atoms. The van der Waals surface area contributed by atoms with Crippen LogP contribution in [-0.2, 0) is 9.47 Å². The number of hydrogen-bond donors (Lipinski definition) is 1. The first kappa shape index (κ1) is 17.3. The van der Waals surface area contributed by atoms with Crippen molar-refractivity contribution < 1.29 is 23.7 Å². The molecule has 1 amide bonds. The van der Waals surface area contributed by atoms with Crippen LogP contribution in [0, 0.1) is 5.92 Å². The molecule has 0 aliphatic carbocycles. The number of benzene rings is 1. The molecule has 2 fully saturated rings. The van der Waals surface area contributed by atoms with E-state index >= 15 is 0 Å². The number of carbonyl (C=O) groups is 1. The summed E-state index contributed by atoms with van der Waals surface area (Å²) in [5.41, 5.74) is 0.875. The van der Waals surface area contributed by atoms with Crippen molar-refractivity contribution in [2.24, 2.45) is 5.92 Å². The van der Waals surface area contributed by atoms with Crippen LogP contribution in [0.2, 0.25) is 0 Å². The quantitative estimate of drug-likeness (QED) is 0.860. The molecule has 0 spiro atoms. The number of hydrogen-bond acceptors (Lipinski definition) is 7. The molecule has 2 aliphatic rings. The smallest absolute Gasteiger partial charge is 0.263 e. The molecule has 3 heterocycles. The highest BCUT2D eigenvalue weighted by Crippen LogP contribution is 2.34. The Hall–Kier alpha value is -2.16. The predicted molar refractivity (Wildman–Crippen MR) is 96.0 cm³/mol. The van der Waals surface area contributed by atoms with Crippen LogP contribution >= 0.6 is 11.3 Å². The molecule has 26 heavy (non-hydrogen) atoms. The molecular weight excluding hydrogens is 356 g/mol. The van der Waals surface area contributed by atoms with Crippen molar-refractivity contribution in [1.82, 2.24) is 10.3 Å². The SMILES string of the molecule is COc1ccc(-c2ncc(C(=O)N[C@@H]3CO[C@H]4COC[C@H]43)s2)cc1OC. The molecule has 138 valence electrons. The van der Waals surface area contributed by atoms with Gasteiger partial charge in [-0.1, -0.05) is 0 Å². The molecule has 1 aromatic carbocycles. The molecule has 0 saturated carbocycles. The van der Waals surface area contributed by atoms with E-state index in [1.165, 1.54) is 11.3 Å². The van der Waals surface area contributed by atoms with Crippen molar-refractivity contribution >= 4 is 17.2 Å². The Morgan fingerprint density at radius 1 is 1.23 bits per heavy atom. The summed E-state index contributed by atoms with van der Waals surface area (Å²) in [7, 11) is 3.18. The van der Waals surface area contributed by atoms with Crippen molar-refractivity contribution in [3.63, 3.8) is 0 Å². The number of ether oxygens (including phenoxy) is 4. The van der Waals surface area contributed by atoms with E-state index in [0.29, 0.717) is 36.2 Å². The zero-order valence-corrected chi connectivity index (χ0v) is 15.4. The molecular formula is C18H20N2O5S. The molecule has 0 unspecified atom stereocenters. The van der Waals surface area contributed by atoms with Crippen LogP contribution < -0.4 is 14.8 Å². The second kappa shape index (κ2) is 7.22. The molecule has 2 aliphatic heterocycles. The summed E-state index contributed by atoms with van der Waals surface area (Å²) in [6.07, 6.45) is 1.70. The largest absolute Gasteiger partial charge is 0.493 e. The van der Waals surface area contributed by atoms with E-state index < -0.39 is 0 Å². The van der Waals surface area contributed by atoms with E-state index in [9.17, 15) is 4.79 Å². The van der Waals surface area contributed by atoms with Gasteiger partial charge in [0.25, 0.3) is 5.91 Å². The van der Waals surface area contributed by atoms with Gasteiger partial charge in [0.05, 0.1) is 52.4 Å². The van der Waals surface area contributed by atoms with Crippen LogP contribution in [0.25, 0.3) is 10.6 Å². The molecule has 1 N–H and O–H groups in total. The lowest BCUT2D eigenvalue weighted by molar-refractivity contribution is 0.0656. The highest BCUT2D eigenvalue weighted by molar-refractivity contribution is 7.16. The molecule has 1 aromatic heterocycles. The summed E-state index contributed by atoms with van der Waals surface area (Å²) in [6, 6.07) is 5.56. The number of fused-ring (bicyclic) bond motifs is 1. The van der Waals surface area contributed by atoms with Crippen LogP contribution in [0.1, 0.15) is 9.67 Å². The van der Waals surface area contributed by atoms with Crippen molar-refractivity contribution in [3.8, 4) is 22.1 Å². The van der Waals surface area contributed by atoms with Gasteiger partial charge >= 0.3 is 0 Å². The Morgan fingerprint density at radius 3 is 2.88 bits per heavy atom. The average Bonchev–Trinajstić information content (AvgIpc) is 3.39. The number of amides is 1. The third-order valence-electron chi connectivity index (χ3n) is 4.75. The van der Waals surface area contributed by atoms with Crippen LogP contribution in [-0.4, -0.2) is 57.1 Å². The standard InChI is InChI=1S/C18H20N2O5S/c1-22-13-4-3-10(5-14(13)23-2)18-19-6-16(26-18)17(21)20-12-8-25-15-9-24-7-11(12)15/h3-6,11-12,15H,7-9H2,1-2H3,(H,20,21)/t11-,12+,15-/m0/s1. The zero-order valence-electron chi connectivity index (χ0n) is 14.6. The maximum atomic E-state index is 12.6. The van der Waals surface area contributed by atoms with Gasteiger partial charge in [-0.05, 0) is 18.2 Å². The van der Waals surface area contributed by atoms with E-state index in [1.54, 1.807) is 20.4 Å². The number of methoxy groups -OCH3 is 2. The van der Waals surface area contributed by atoms with E-state index in [2.05, 4.69) is 10.3 Å². The minimum absolute atomic E-state index is 0.0124. The normalized spacial score (nSPS) is 24.3. The van der Waals surface area contributed by atoms with E-state index in [1.807, 2.05) is 18.2 Å². The Balaban J connectivity index is 1.48. The summed E-state index contributed by atoms with van der Waals surface area (Å²) < 4.78 is 21.7. The number of nitrogens with zero attached hydrogens (tertiary/aromatic N) is 1. The first-order valence-electron chi connectivity index (χ1n) is 8.38. The second-order valence-corrected chi connectivity index (χ2v) is 7.28. The summed E-state index contributed by atoms with van der Waals surface area (Å²) in [6.45, 7) is 1.78. The van der Waals surface area contributed by atoms with Crippen LogP contribution in [0.15, 0.2) is 24.4 Å². The Morgan fingerprint density at radius 2 is 2.08 bits per heavy atom. The number of carbonyl (C=O) groups excluding carboxylic acids is 1. The van der Waals surface area contributed by atoms with Crippen LogP contribution in [0.5, 0.6) is 11.5 Å². The maximum Gasteiger partial charge on any atom is 0.263 e. The number of rotatable bonds is 5. The Labute approximate surface area is 155 Å². The Kier molecular flexibility index (Phi) is 4.80. The minimum Gasteiger partial charge on any atom is -0.493 e. The topological polar surface area (TPSA) is 78.9 Å². The van der Waals surface area contributed by atoms with Gasteiger partial charge in [0.1, 0.15) is 9.88 Å². The summed E-state index contributed by atoms with van der Waals surface area (Å²) in [5.74, 6) is 1.38. The van der Waals surface area contributed by atoms with Gasteiger partial charge in [-0.15, -0.1) is 11.3 Å². The van der Waals surface area contributed by atoms with E-state index in [4.69, 9.17) is 18.9 Å². The fourth-order valence-electron chi connectivity index (χ4n) is 3.32. The lowest BCUT2D eigenvalue weighted by Gasteiger charge is -2.15. The first-order valence-corrected chi connectivity index (χ1v) is 9.19. The molecule has 2 aromatic rings. The van der Waals surface area contributed by atoms with E-state index in [-0.39, 0.29) is 24.0 Å². The molecule has 4 rings (SSSR count). The van der Waals surface area contributed by atoms with Crippen LogP contribution in [0.3, 0.4) is 0 Å². The lowest BCUT2D eigenvalue weighted by atomic mass is 10.0. The van der Waals surface area contributed by atoms with Crippen LogP contribution in [0.4, 0.5) is 0 Å². The number of thiazole rings is 1. The molecule has 8 heteroatoms. The maximum absolute atomic E-state index is 12.6. The van der Waals surface area contributed by atoms with Gasteiger partial charge in [-0.25, -0.2) is 4.98 Å². The third kappa shape index (κ3) is 3.15. The van der Waals surface area contributed by atoms with Gasteiger partial charge in [0.2, 0.25) is 0 Å². The van der Waals surface area contributed by atoms with Crippen molar-refractivity contribution in [3.05, 3.63) is 29.3 Å². The second-order valence-electron chi connectivity index (χ2n) is 6.25. The molecule has 2 saturated heterocycles. The monoisotopic (exact) mass is 376 g/mol. The molecule has 3 atom stereocenters. The van der Waals surface area contributed by atoms with Crippen molar-refractivity contribution in [2.75, 3.05) is 34.0 Å². The predicted octanol–water partition coefficient (Wildman–Crippen LogP) is 1.97. The molecule has 0 radical (unpaired) electrons. The van der Waals surface area contributed by atoms with Gasteiger partial charge < -0.3 is 24.3 Å². The molecule has 7 nitrogen and oxygen atoms in total. The number of nitrogens with one attached hydrogen (secondary N) is 1. The van der Waals surface area contributed by atoms with Gasteiger partial charge in [-0.2, -0.15) is 0 Å². The van der Waals surface area contributed by atoms with Crippen molar-refractivity contribution in [1.29, 1.82) is 0 Å². The average molecular weight is 376 g/mol. The number of aromatic nitrogens is 1. The minimum atomic E-state index is -0.129. The first-order chi connectivity index (χ1) is 12.7. The fourth-order valence-corrected chi connectivity index (χ4v) is 4.13. The zero-order chi connectivity index (χ0) is 18.1. The summed E-state index contributed by atoms with van der Waals surface area (Å²) in [5, 5.41) is 3.80. The fraction of sp³-hybridized carbons (Fsp3) is 0.444. The Bertz CT molecular complexity index is 809. The highest BCUT2D eigenvalue weighted by atomic mass is 32.1. The van der Waals surface area contributed by atoms with Gasteiger partial charge in [-0.3, -0.25) is 4.79 Å². The van der Waals surface area contributed by atoms with E-state index in [0.717, 1.165) is 10.6 Å². The summed E-state index contributed by atoms with van der Waals surface area (Å²) in [4.78, 5) is 17.5. The lowest BCUT2D eigenvalue weighted by Crippen LogP contribution is -2.40. The third-order valence-corrected chi connectivity index (χ3v) is 5.80. The van der Waals surface area contributed by atoms with Crippen molar-refractivity contribution in [2.45, 2.75) is 12.1 Å². The summed E-state index contributed by atoms with van der Waals surface area (Å²) >= 11 is 1.34.